The molecule has 3 heteroatoms. The number of amides is 1. The van der Waals surface area contributed by atoms with Gasteiger partial charge in [-0.15, -0.1) is 0 Å². The van der Waals surface area contributed by atoms with E-state index in [4.69, 9.17) is 0 Å². The second-order valence-corrected chi connectivity index (χ2v) is 5.33. The monoisotopic (exact) mass is 260 g/mol. The Labute approximate surface area is 116 Å². The van der Waals surface area contributed by atoms with Gasteiger partial charge in [-0.2, -0.15) is 0 Å². The van der Waals surface area contributed by atoms with Gasteiger partial charge in [0.25, 0.3) is 0 Å². The highest BCUT2D eigenvalue weighted by Gasteiger charge is 2.14. The second-order valence-electron chi connectivity index (χ2n) is 5.33. The minimum atomic E-state index is 0.175. The van der Waals surface area contributed by atoms with Crippen LogP contribution in [-0.4, -0.2) is 25.5 Å². The molecule has 104 valence electrons. The van der Waals surface area contributed by atoms with E-state index in [0.717, 1.165) is 12.2 Å². The summed E-state index contributed by atoms with van der Waals surface area (Å²) in [5.74, 6) is 0.175. The van der Waals surface area contributed by atoms with Crippen molar-refractivity contribution in [1.29, 1.82) is 0 Å². The van der Waals surface area contributed by atoms with Crippen LogP contribution in [0, 0.1) is 0 Å². The largest absolute Gasteiger partial charge is 0.315 e. The Balaban J connectivity index is 1.72. The average Bonchev–Trinajstić information content (AvgIpc) is 2.48. The molecule has 0 aliphatic heterocycles. The molecule has 1 aromatic carbocycles. The number of nitrogens with zero attached hydrogens (tertiary/aromatic N) is 1. The van der Waals surface area contributed by atoms with Crippen molar-refractivity contribution in [2.75, 3.05) is 18.5 Å². The number of carbonyl (C=O) groups is 1. The zero-order valence-corrected chi connectivity index (χ0v) is 11.8. The van der Waals surface area contributed by atoms with Crippen molar-refractivity contribution in [3.05, 3.63) is 30.3 Å². The molecule has 0 unspecified atom stereocenters. The zero-order valence-electron chi connectivity index (χ0n) is 11.8. The lowest BCUT2D eigenvalue weighted by atomic mass is 9.95. The molecule has 1 aliphatic rings. The van der Waals surface area contributed by atoms with Gasteiger partial charge < -0.3 is 10.2 Å². The van der Waals surface area contributed by atoms with Crippen LogP contribution in [-0.2, 0) is 4.79 Å². The molecule has 0 radical (unpaired) electrons. The van der Waals surface area contributed by atoms with Crippen molar-refractivity contribution in [1.82, 2.24) is 5.32 Å². The van der Waals surface area contributed by atoms with Crippen molar-refractivity contribution >= 4 is 11.6 Å². The van der Waals surface area contributed by atoms with Gasteiger partial charge in [0, 0.05) is 31.7 Å². The molecule has 1 aliphatic carbocycles. The van der Waals surface area contributed by atoms with Crippen LogP contribution in [0.5, 0.6) is 0 Å². The number of para-hydroxylation sites is 1. The molecule has 0 heterocycles. The van der Waals surface area contributed by atoms with E-state index in [1.165, 1.54) is 32.1 Å². The lowest BCUT2D eigenvalue weighted by molar-refractivity contribution is -0.118. The molecule has 1 saturated carbocycles. The SMILES string of the molecule is CN(C(=O)CCNC1CCCCC1)c1ccccc1. The Bertz CT molecular complexity index is 385. The van der Waals surface area contributed by atoms with Crippen LogP contribution in [0.15, 0.2) is 30.3 Å². The Hall–Kier alpha value is -1.35. The van der Waals surface area contributed by atoms with Gasteiger partial charge in [0.05, 0.1) is 0 Å². The number of hydrogen-bond acceptors (Lipinski definition) is 2. The van der Waals surface area contributed by atoms with Gasteiger partial charge >= 0.3 is 0 Å². The predicted octanol–water partition coefficient (Wildman–Crippen LogP) is 2.96. The van der Waals surface area contributed by atoms with Crippen LogP contribution in [0.3, 0.4) is 0 Å². The summed E-state index contributed by atoms with van der Waals surface area (Å²) in [7, 11) is 1.85. The summed E-state index contributed by atoms with van der Waals surface area (Å²) in [6.45, 7) is 0.792. The van der Waals surface area contributed by atoms with E-state index in [2.05, 4.69) is 5.32 Å². The molecule has 19 heavy (non-hydrogen) atoms. The molecule has 0 atom stereocenters. The highest BCUT2D eigenvalue weighted by molar-refractivity contribution is 5.92. The normalized spacial score (nSPS) is 16.3. The van der Waals surface area contributed by atoms with E-state index >= 15 is 0 Å². The van der Waals surface area contributed by atoms with Gasteiger partial charge in [0.1, 0.15) is 0 Å². The van der Waals surface area contributed by atoms with Crippen molar-refractivity contribution < 1.29 is 4.79 Å². The van der Waals surface area contributed by atoms with Crippen LogP contribution in [0.25, 0.3) is 0 Å². The minimum absolute atomic E-state index is 0.175. The summed E-state index contributed by atoms with van der Waals surface area (Å²) in [4.78, 5) is 13.8. The number of hydrogen-bond donors (Lipinski definition) is 1. The van der Waals surface area contributed by atoms with Crippen molar-refractivity contribution in [2.45, 2.75) is 44.6 Å². The van der Waals surface area contributed by atoms with Crippen molar-refractivity contribution in [3.8, 4) is 0 Å². The molecule has 0 spiro atoms. The summed E-state index contributed by atoms with van der Waals surface area (Å²) < 4.78 is 0. The fourth-order valence-electron chi connectivity index (χ4n) is 2.65. The molecular weight excluding hydrogens is 236 g/mol. The van der Waals surface area contributed by atoms with Crippen LogP contribution < -0.4 is 10.2 Å². The molecule has 3 nitrogen and oxygen atoms in total. The van der Waals surface area contributed by atoms with E-state index in [-0.39, 0.29) is 5.91 Å². The molecule has 1 fully saturated rings. The van der Waals surface area contributed by atoms with Gasteiger partial charge in [-0.25, -0.2) is 0 Å². The molecule has 0 aromatic heterocycles. The molecule has 2 rings (SSSR count). The molecule has 0 bridgehead atoms. The third-order valence-corrected chi connectivity index (χ3v) is 3.89. The summed E-state index contributed by atoms with van der Waals surface area (Å²) in [6.07, 6.45) is 7.13. The van der Waals surface area contributed by atoms with Crippen LogP contribution in [0.4, 0.5) is 5.69 Å². The van der Waals surface area contributed by atoms with E-state index in [9.17, 15) is 4.79 Å². The molecule has 1 aromatic rings. The standard InChI is InChI=1S/C16H24N2O/c1-18(15-10-6-3-7-11-15)16(19)12-13-17-14-8-4-2-5-9-14/h3,6-7,10-11,14,17H,2,4-5,8-9,12-13H2,1H3. The number of nitrogens with one attached hydrogen (secondary N) is 1. The summed E-state index contributed by atoms with van der Waals surface area (Å²) >= 11 is 0. The van der Waals surface area contributed by atoms with E-state index in [1.807, 2.05) is 37.4 Å². The Morgan fingerprint density at radius 1 is 1.21 bits per heavy atom. The third-order valence-electron chi connectivity index (χ3n) is 3.89. The van der Waals surface area contributed by atoms with Gasteiger partial charge in [-0.1, -0.05) is 37.5 Å². The molecular formula is C16H24N2O. The van der Waals surface area contributed by atoms with Crippen LogP contribution >= 0.6 is 0 Å². The average molecular weight is 260 g/mol. The summed E-state index contributed by atoms with van der Waals surface area (Å²) in [5.41, 5.74) is 0.963. The lowest BCUT2D eigenvalue weighted by Gasteiger charge is -2.23. The topological polar surface area (TPSA) is 32.3 Å². The molecule has 0 saturated heterocycles. The van der Waals surface area contributed by atoms with E-state index in [1.54, 1.807) is 4.90 Å². The first-order chi connectivity index (χ1) is 9.27. The third kappa shape index (κ3) is 4.35. The number of carbonyl (C=O) groups excluding carboxylic acids is 1. The first-order valence-electron chi connectivity index (χ1n) is 7.32. The van der Waals surface area contributed by atoms with Gasteiger partial charge in [0.15, 0.2) is 0 Å². The van der Waals surface area contributed by atoms with E-state index in [0.29, 0.717) is 12.5 Å². The highest BCUT2D eigenvalue weighted by Crippen LogP contribution is 2.17. The van der Waals surface area contributed by atoms with E-state index < -0.39 is 0 Å². The Morgan fingerprint density at radius 3 is 2.58 bits per heavy atom. The minimum Gasteiger partial charge on any atom is -0.315 e. The highest BCUT2D eigenvalue weighted by atomic mass is 16.2. The number of rotatable bonds is 5. The maximum absolute atomic E-state index is 12.1. The molecule has 1 N–H and O–H groups in total. The van der Waals surface area contributed by atoms with Crippen LogP contribution in [0.2, 0.25) is 0 Å². The van der Waals surface area contributed by atoms with Gasteiger partial charge in [0.2, 0.25) is 5.91 Å². The van der Waals surface area contributed by atoms with Gasteiger partial charge in [-0.05, 0) is 25.0 Å². The fraction of sp³-hybridized carbons (Fsp3) is 0.562. The number of anilines is 1. The quantitative estimate of drug-likeness (QED) is 0.882. The maximum atomic E-state index is 12.1. The summed E-state index contributed by atoms with van der Waals surface area (Å²) in [5, 5.41) is 3.51. The zero-order chi connectivity index (χ0) is 13.5. The first kappa shape index (κ1) is 14.1. The Kier molecular flexibility index (Phi) is 5.40. The second kappa shape index (κ2) is 7.29. The smallest absolute Gasteiger partial charge is 0.227 e. The van der Waals surface area contributed by atoms with Gasteiger partial charge in [-0.3, -0.25) is 4.79 Å². The number of benzene rings is 1. The Morgan fingerprint density at radius 2 is 1.89 bits per heavy atom. The predicted molar refractivity (Wildman–Crippen MR) is 79.3 cm³/mol. The maximum Gasteiger partial charge on any atom is 0.227 e. The molecule has 1 amide bonds. The van der Waals surface area contributed by atoms with Crippen LogP contribution in [0.1, 0.15) is 38.5 Å². The van der Waals surface area contributed by atoms with Crippen molar-refractivity contribution in [2.24, 2.45) is 0 Å². The summed E-state index contributed by atoms with van der Waals surface area (Å²) in [6, 6.07) is 10.4. The fourth-order valence-corrected chi connectivity index (χ4v) is 2.65. The van der Waals surface area contributed by atoms with Crippen molar-refractivity contribution in [3.63, 3.8) is 0 Å². The lowest BCUT2D eigenvalue weighted by Crippen LogP contribution is -2.35. The first-order valence-corrected chi connectivity index (χ1v) is 7.32.